The number of fused-ring (bicyclic) bond motifs is 1. The molecule has 7 N–H and O–H groups in total. The van der Waals surface area contributed by atoms with Crippen molar-refractivity contribution in [3.63, 3.8) is 0 Å². The normalized spacial score (nSPS) is 27.3. The van der Waals surface area contributed by atoms with Crippen molar-refractivity contribution in [2.24, 2.45) is 5.73 Å². The summed E-state index contributed by atoms with van der Waals surface area (Å²) in [5.41, 5.74) is 12.4. The molecule has 1 saturated heterocycles. The van der Waals surface area contributed by atoms with E-state index < -0.39 is 31.1 Å². The highest BCUT2D eigenvalue weighted by Gasteiger charge is 2.44. The first kappa shape index (κ1) is 17.8. The minimum atomic E-state index is -1.20. The minimum Gasteiger partial charge on any atom is -1.00 e. The van der Waals surface area contributed by atoms with Gasteiger partial charge < -0.3 is 43.9 Å². The highest BCUT2D eigenvalue weighted by Crippen LogP contribution is 2.31. The Balaban J connectivity index is 0.00000192. The number of nitrogens with two attached hydrogens (primary N) is 2. The first-order valence-electron chi connectivity index (χ1n) is 6.91. The van der Waals surface area contributed by atoms with Crippen molar-refractivity contribution in [1.82, 2.24) is 14.5 Å². The molecule has 2 aromatic heterocycles. The van der Waals surface area contributed by atoms with Gasteiger partial charge in [-0.05, 0) is 0 Å². The van der Waals surface area contributed by atoms with Crippen LogP contribution in [0.5, 0.6) is 0 Å². The first-order chi connectivity index (χ1) is 10.6. The van der Waals surface area contributed by atoms with Crippen LogP contribution in [0.15, 0.2) is 12.7 Å². The highest BCUT2D eigenvalue weighted by atomic mass is 35.5. The molecule has 11 heteroatoms. The summed E-state index contributed by atoms with van der Waals surface area (Å²) in [4.78, 5) is 8.46. The number of aromatic nitrogens is 4. The fourth-order valence-electron chi connectivity index (χ4n) is 2.60. The number of anilines is 1. The molecule has 0 unspecified atom stereocenters. The molecule has 10 nitrogen and oxygen atoms in total. The SMILES string of the molecule is NCC[n+]1cnc2c(ncn2[C@@H]2O[C@H](CO)[C@@H](O)[C@H]2O)c1N.[Cl-]. The third-order valence-corrected chi connectivity index (χ3v) is 3.80. The molecule has 1 fully saturated rings. The molecule has 1 aliphatic heterocycles. The summed E-state index contributed by atoms with van der Waals surface area (Å²) >= 11 is 0. The number of nitrogen functional groups attached to an aromatic ring is 1. The van der Waals surface area contributed by atoms with E-state index in [-0.39, 0.29) is 12.4 Å². The molecule has 0 bridgehead atoms. The zero-order valence-corrected chi connectivity index (χ0v) is 12.9. The van der Waals surface area contributed by atoms with E-state index in [4.69, 9.17) is 21.3 Å². The van der Waals surface area contributed by atoms with E-state index >= 15 is 0 Å². The average molecular weight is 347 g/mol. The van der Waals surface area contributed by atoms with Gasteiger partial charge in [0.05, 0.1) is 13.2 Å². The Bertz CT molecular complexity index is 683. The second-order valence-corrected chi connectivity index (χ2v) is 5.16. The summed E-state index contributed by atoms with van der Waals surface area (Å²) in [6.07, 6.45) is -1.18. The number of hydrogen-bond acceptors (Lipinski definition) is 8. The second kappa shape index (κ2) is 6.91. The van der Waals surface area contributed by atoms with E-state index in [1.165, 1.54) is 17.2 Å². The van der Waals surface area contributed by atoms with Gasteiger partial charge in [0.2, 0.25) is 12.0 Å². The van der Waals surface area contributed by atoms with E-state index in [0.29, 0.717) is 30.1 Å². The fraction of sp³-hybridized carbons (Fsp3) is 0.583. The Morgan fingerprint density at radius 3 is 2.65 bits per heavy atom. The lowest BCUT2D eigenvalue weighted by atomic mass is 10.1. The van der Waals surface area contributed by atoms with Crippen LogP contribution in [-0.2, 0) is 11.3 Å². The molecule has 4 atom stereocenters. The molecular formula is C12H19ClN6O4. The van der Waals surface area contributed by atoms with Crippen LogP contribution in [0.3, 0.4) is 0 Å². The van der Waals surface area contributed by atoms with Crippen molar-refractivity contribution >= 4 is 17.0 Å². The minimum absolute atomic E-state index is 0. The van der Waals surface area contributed by atoms with E-state index in [1.54, 1.807) is 4.57 Å². The molecule has 0 aliphatic carbocycles. The number of rotatable bonds is 4. The van der Waals surface area contributed by atoms with Crippen molar-refractivity contribution in [2.75, 3.05) is 18.9 Å². The van der Waals surface area contributed by atoms with Gasteiger partial charge in [0.1, 0.15) is 24.6 Å². The van der Waals surface area contributed by atoms with Gasteiger partial charge in [0, 0.05) is 6.54 Å². The van der Waals surface area contributed by atoms with Gasteiger partial charge >= 0.3 is 0 Å². The number of ether oxygens (including phenoxy) is 1. The Hall–Kier alpha value is -1.56. The lowest BCUT2D eigenvalue weighted by Crippen LogP contribution is -3.00. The fourth-order valence-corrected chi connectivity index (χ4v) is 2.60. The monoisotopic (exact) mass is 346 g/mol. The van der Waals surface area contributed by atoms with Crippen LogP contribution in [0.25, 0.3) is 11.2 Å². The van der Waals surface area contributed by atoms with Crippen LogP contribution >= 0.6 is 0 Å². The van der Waals surface area contributed by atoms with Crippen LogP contribution < -0.4 is 28.4 Å². The molecule has 0 aromatic carbocycles. The van der Waals surface area contributed by atoms with E-state index in [1.807, 2.05) is 0 Å². The average Bonchev–Trinajstić information content (AvgIpc) is 3.05. The summed E-state index contributed by atoms with van der Waals surface area (Å²) in [5.74, 6) is 0.404. The standard InChI is InChI=1S/C12H18N6O4.ClH/c13-1-2-17-4-16-11-7(10(17)14)15-5-18(11)12-9(21)8(20)6(3-19)22-12;/h4-6,8-9,12,14,19-21H,1-3,13H2;1H/t6-,8-,9-,12-;/m1./s1. The third kappa shape index (κ3) is 2.84. The van der Waals surface area contributed by atoms with E-state index in [0.717, 1.165) is 0 Å². The Kier molecular flexibility index (Phi) is 5.34. The second-order valence-electron chi connectivity index (χ2n) is 5.16. The summed E-state index contributed by atoms with van der Waals surface area (Å²) < 4.78 is 8.64. The Morgan fingerprint density at radius 1 is 1.30 bits per heavy atom. The van der Waals surface area contributed by atoms with Crippen molar-refractivity contribution < 1.29 is 37.0 Å². The van der Waals surface area contributed by atoms with Gasteiger partial charge in [-0.15, -0.1) is 0 Å². The van der Waals surface area contributed by atoms with Crippen molar-refractivity contribution in [1.29, 1.82) is 0 Å². The summed E-state index contributed by atoms with van der Waals surface area (Å²) in [6, 6.07) is 0. The molecule has 1 aliphatic rings. The largest absolute Gasteiger partial charge is 1.00 e. The molecule has 128 valence electrons. The van der Waals surface area contributed by atoms with Gasteiger partial charge in [0.15, 0.2) is 11.7 Å². The molecule has 0 saturated carbocycles. The zero-order chi connectivity index (χ0) is 15.9. The highest BCUT2D eigenvalue weighted by molar-refractivity contribution is 5.79. The van der Waals surface area contributed by atoms with Crippen LogP contribution in [0.2, 0.25) is 0 Å². The Morgan fingerprint density at radius 2 is 2.04 bits per heavy atom. The van der Waals surface area contributed by atoms with Crippen LogP contribution in [-0.4, -0.2) is 61.3 Å². The molecule has 0 spiro atoms. The van der Waals surface area contributed by atoms with Gasteiger partial charge in [-0.1, -0.05) is 4.98 Å². The van der Waals surface area contributed by atoms with Crippen LogP contribution in [0, 0.1) is 0 Å². The first-order valence-corrected chi connectivity index (χ1v) is 6.91. The van der Waals surface area contributed by atoms with Crippen molar-refractivity contribution in [3.8, 4) is 0 Å². The maximum Gasteiger partial charge on any atom is 0.250 e. The molecule has 3 rings (SSSR count). The quantitative estimate of drug-likeness (QED) is 0.342. The van der Waals surface area contributed by atoms with Crippen LogP contribution in [0.4, 0.5) is 5.82 Å². The lowest BCUT2D eigenvalue weighted by molar-refractivity contribution is -0.682. The van der Waals surface area contributed by atoms with Gasteiger partial charge in [-0.3, -0.25) is 4.57 Å². The summed E-state index contributed by atoms with van der Waals surface area (Å²) in [6.45, 7) is 0.528. The predicted octanol–water partition coefficient (Wildman–Crippen LogP) is -6.12. The van der Waals surface area contributed by atoms with Crippen LogP contribution in [0.1, 0.15) is 6.23 Å². The lowest BCUT2D eigenvalue weighted by Gasteiger charge is -2.15. The molecule has 3 heterocycles. The molecule has 0 amide bonds. The molecule has 0 radical (unpaired) electrons. The number of halogens is 1. The Labute approximate surface area is 137 Å². The molecule has 23 heavy (non-hydrogen) atoms. The summed E-state index contributed by atoms with van der Waals surface area (Å²) in [7, 11) is 0. The zero-order valence-electron chi connectivity index (χ0n) is 12.2. The van der Waals surface area contributed by atoms with E-state index in [2.05, 4.69) is 9.97 Å². The topological polar surface area (TPSA) is 157 Å². The number of imidazole rings is 1. The maximum absolute atomic E-state index is 10.1. The molecule has 2 aromatic rings. The van der Waals surface area contributed by atoms with Gasteiger partial charge in [-0.25, -0.2) is 9.55 Å². The van der Waals surface area contributed by atoms with Gasteiger partial charge in [0.25, 0.3) is 5.82 Å². The van der Waals surface area contributed by atoms with Crippen molar-refractivity contribution in [2.45, 2.75) is 31.1 Å². The summed E-state index contributed by atoms with van der Waals surface area (Å²) in [5, 5.41) is 29.1. The predicted molar refractivity (Wildman–Crippen MR) is 74.2 cm³/mol. The van der Waals surface area contributed by atoms with Gasteiger partial charge in [-0.2, -0.15) is 0 Å². The smallest absolute Gasteiger partial charge is 0.250 e. The van der Waals surface area contributed by atoms with E-state index in [9.17, 15) is 10.2 Å². The maximum atomic E-state index is 10.1. The number of aliphatic hydroxyl groups excluding tert-OH is 3. The number of hydrogen-bond donors (Lipinski definition) is 5. The number of aliphatic hydroxyl groups is 3. The molecular weight excluding hydrogens is 328 g/mol. The third-order valence-electron chi connectivity index (χ3n) is 3.80. The van der Waals surface area contributed by atoms with Crippen molar-refractivity contribution in [3.05, 3.63) is 12.7 Å². The number of nitrogens with zero attached hydrogens (tertiary/aromatic N) is 4.